The predicted octanol–water partition coefficient (Wildman–Crippen LogP) is 2.97. The minimum atomic E-state index is -5.08. The summed E-state index contributed by atoms with van der Waals surface area (Å²) >= 11 is 1.76. The van der Waals surface area contributed by atoms with Gasteiger partial charge in [0.15, 0.2) is 0 Å². The van der Waals surface area contributed by atoms with Crippen molar-refractivity contribution < 1.29 is 55.6 Å². The highest BCUT2D eigenvalue weighted by atomic mass is 32.1. The van der Waals surface area contributed by atoms with E-state index in [0.29, 0.717) is 0 Å². The molecule has 1 aromatic rings. The first-order valence-electron chi connectivity index (χ1n) is 10.7. The zero-order valence-electron chi connectivity index (χ0n) is 19.5. The number of aliphatic carboxylic acids is 2. The van der Waals surface area contributed by atoms with Crippen molar-refractivity contribution in [2.75, 3.05) is 59.7 Å². The number of nitrogens with zero attached hydrogens (tertiary/aromatic N) is 3. The summed E-state index contributed by atoms with van der Waals surface area (Å²) < 4.78 is 74.7. The highest BCUT2D eigenvalue weighted by Crippen LogP contribution is 2.33. The quantitative estimate of drug-likeness (QED) is 0.532. The number of methoxy groups -OCH3 is 1. The molecule has 2 aliphatic heterocycles. The molecule has 3 rings (SSSR count). The van der Waals surface area contributed by atoms with Crippen LogP contribution in [0.25, 0.3) is 0 Å². The molecule has 2 N–H and O–H groups in total. The topological polar surface area (TPSA) is 112 Å². The van der Waals surface area contributed by atoms with Crippen molar-refractivity contribution in [3.8, 4) is 0 Å². The Morgan fingerprint density at radius 2 is 1.69 bits per heavy atom. The van der Waals surface area contributed by atoms with Gasteiger partial charge in [-0.3, -0.25) is 9.80 Å². The van der Waals surface area contributed by atoms with Gasteiger partial charge in [-0.15, -0.1) is 11.3 Å². The summed E-state index contributed by atoms with van der Waals surface area (Å²) in [6.07, 6.45) is -5.74. The van der Waals surface area contributed by atoms with Gasteiger partial charge >= 0.3 is 24.3 Å². The van der Waals surface area contributed by atoms with Crippen LogP contribution in [0.2, 0.25) is 0 Å². The Morgan fingerprint density at radius 1 is 1.11 bits per heavy atom. The van der Waals surface area contributed by atoms with Crippen LogP contribution in [0, 0.1) is 5.41 Å². The Morgan fingerprint density at radius 3 is 2.19 bits per heavy atom. The SMILES string of the molecule is COCCN1CCOCC2(CCCN(Cc3nccs3)C2)C1.O=C(O)C(F)(F)F.O=C(O)C(F)(F)F. The molecule has 1 atom stereocenters. The number of carbonyl (C=O) groups is 2. The number of carboxylic acid groups (broad SMARTS) is 2. The van der Waals surface area contributed by atoms with E-state index in [2.05, 4.69) is 20.2 Å². The number of aromatic nitrogens is 1. The zero-order chi connectivity index (χ0) is 27.4. The van der Waals surface area contributed by atoms with Crippen molar-refractivity contribution in [1.29, 1.82) is 0 Å². The first-order valence-corrected chi connectivity index (χ1v) is 11.6. The van der Waals surface area contributed by atoms with Gasteiger partial charge in [-0.2, -0.15) is 26.3 Å². The molecule has 0 amide bonds. The molecule has 3 heterocycles. The normalized spacial score (nSPS) is 21.5. The van der Waals surface area contributed by atoms with E-state index in [0.717, 1.165) is 52.5 Å². The molecule has 2 fully saturated rings. The second-order valence-electron chi connectivity index (χ2n) is 8.17. The molecule has 0 saturated carbocycles. The summed E-state index contributed by atoms with van der Waals surface area (Å²) in [5.74, 6) is -5.51. The van der Waals surface area contributed by atoms with Gasteiger partial charge in [-0.25, -0.2) is 14.6 Å². The van der Waals surface area contributed by atoms with E-state index in [4.69, 9.17) is 29.3 Å². The Balaban J connectivity index is 0.000000383. The summed E-state index contributed by atoms with van der Waals surface area (Å²) in [7, 11) is 1.78. The van der Waals surface area contributed by atoms with Crippen molar-refractivity contribution in [3.05, 3.63) is 16.6 Å². The average Bonchev–Trinajstić information content (AvgIpc) is 3.20. The number of carboxylic acids is 2. The lowest BCUT2D eigenvalue weighted by Crippen LogP contribution is -2.50. The number of piperidine rings is 1. The van der Waals surface area contributed by atoms with E-state index in [1.54, 1.807) is 18.4 Å². The molecule has 16 heteroatoms. The maximum atomic E-state index is 10.6. The highest BCUT2D eigenvalue weighted by Gasteiger charge is 2.40. The van der Waals surface area contributed by atoms with Gasteiger partial charge in [0.05, 0.1) is 26.4 Å². The van der Waals surface area contributed by atoms with E-state index in [1.165, 1.54) is 24.4 Å². The molecule has 9 nitrogen and oxygen atoms in total. The van der Waals surface area contributed by atoms with Crippen molar-refractivity contribution in [3.63, 3.8) is 0 Å². The fourth-order valence-corrected chi connectivity index (χ4v) is 4.36. The Kier molecular flexibility index (Phi) is 13.0. The molecular weight excluding hydrogens is 524 g/mol. The monoisotopic (exact) mass is 553 g/mol. The van der Waals surface area contributed by atoms with Gasteiger partial charge in [0.25, 0.3) is 0 Å². The summed E-state index contributed by atoms with van der Waals surface area (Å²) in [5.41, 5.74) is 0.278. The first-order chi connectivity index (χ1) is 16.7. The van der Waals surface area contributed by atoms with Gasteiger partial charge in [0.1, 0.15) is 5.01 Å². The van der Waals surface area contributed by atoms with Crippen LogP contribution < -0.4 is 0 Å². The Bertz CT molecular complexity index is 772. The van der Waals surface area contributed by atoms with Crippen LogP contribution in [0.4, 0.5) is 26.3 Å². The second kappa shape index (κ2) is 14.7. The van der Waals surface area contributed by atoms with E-state index >= 15 is 0 Å². The van der Waals surface area contributed by atoms with Crippen LogP contribution in [0.15, 0.2) is 11.6 Å². The number of ether oxygens (including phenoxy) is 2. The number of alkyl halides is 6. The zero-order valence-corrected chi connectivity index (χ0v) is 20.3. The maximum Gasteiger partial charge on any atom is 0.490 e. The fourth-order valence-electron chi connectivity index (χ4n) is 3.71. The fraction of sp³-hybridized carbons (Fsp3) is 0.750. The molecule has 208 valence electrons. The molecule has 1 unspecified atom stereocenters. The van der Waals surface area contributed by atoms with E-state index < -0.39 is 24.3 Å². The predicted molar refractivity (Wildman–Crippen MR) is 116 cm³/mol. The molecule has 0 bridgehead atoms. The number of halogens is 6. The van der Waals surface area contributed by atoms with Crippen LogP contribution in [-0.4, -0.2) is 109 Å². The highest BCUT2D eigenvalue weighted by molar-refractivity contribution is 7.09. The van der Waals surface area contributed by atoms with Gasteiger partial charge in [-0.05, 0) is 19.4 Å². The smallest absolute Gasteiger partial charge is 0.475 e. The summed E-state index contributed by atoms with van der Waals surface area (Å²) in [6.45, 7) is 8.99. The molecule has 0 radical (unpaired) electrons. The number of thiazole rings is 1. The third-order valence-corrected chi connectivity index (χ3v) is 5.96. The molecule has 0 aliphatic carbocycles. The van der Waals surface area contributed by atoms with Crippen LogP contribution in [-0.2, 0) is 25.6 Å². The van der Waals surface area contributed by atoms with Crippen molar-refractivity contribution in [2.24, 2.45) is 5.41 Å². The minimum absolute atomic E-state index is 0.278. The molecule has 2 saturated heterocycles. The first kappa shape index (κ1) is 32.0. The minimum Gasteiger partial charge on any atom is -0.475 e. The second-order valence-corrected chi connectivity index (χ2v) is 9.15. The third-order valence-electron chi connectivity index (χ3n) is 5.20. The number of hydrogen-bond donors (Lipinski definition) is 2. The van der Waals surface area contributed by atoms with Crippen LogP contribution >= 0.6 is 11.3 Å². The number of likely N-dealkylation sites (tertiary alicyclic amines) is 1. The van der Waals surface area contributed by atoms with Crippen LogP contribution in [0.1, 0.15) is 17.8 Å². The average molecular weight is 554 g/mol. The maximum absolute atomic E-state index is 10.6. The Labute approximate surface area is 207 Å². The Hall–Kier alpha value is -2.01. The lowest BCUT2D eigenvalue weighted by atomic mass is 9.80. The lowest BCUT2D eigenvalue weighted by molar-refractivity contribution is -0.193. The van der Waals surface area contributed by atoms with Gasteiger partial charge < -0.3 is 19.7 Å². The van der Waals surface area contributed by atoms with E-state index in [-0.39, 0.29) is 5.41 Å². The molecular formula is C20H29F6N3O6S. The molecule has 1 spiro atoms. The largest absolute Gasteiger partial charge is 0.490 e. The van der Waals surface area contributed by atoms with Gasteiger partial charge in [0.2, 0.25) is 0 Å². The molecule has 36 heavy (non-hydrogen) atoms. The molecule has 0 aromatic carbocycles. The number of hydrogen-bond acceptors (Lipinski definition) is 8. The standard InChI is InChI=1S/C16H27N3O2S.2C2HF3O2/c1-20-8-6-18-7-9-21-14-16(12-18)3-2-5-19(13-16)11-15-17-4-10-22-15;2*3-2(4,5)1(6)7/h4,10H,2-3,5-9,11-14H2,1H3;2*(H,6,7). The number of rotatable bonds is 5. The lowest BCUT2D eigenvalue weighted by Gasteiger charge is -2.43. The van der Waals surface area contributed by atoms with Gasteiger partial charge in [0, 0.05) is 50.3 Å². The summed E-state index contributed by atoms with van der Waals surface area (Å²) in [4.78, 5) is 27.3. The van der Waals surface area contributed by atoms with Crippen molar-refractivity contribution in [2.45, 2.75) is 31.7 Å². The van der Waals surface area contributed by atoms with E-state index in [1.807, 2.05) is 6.20 Å². The van der Waals surface area contributed by atoms with Crippen LogP contribution in [0.3, 0.4) is 0 Å². The van der Waals surface area contributed by atoms with Gasteiger partial charge in [-0.1, -0.05) is 0 Å². The molecule has 1 aromatic heterocycles. The van der Waals surface area contributed by atoms with Crippen molar-refractivity contribution in [1.82, 2.24) is 14.8 Å². The van der Waals surface area contributed by atoms with Crippen LogP contribution in [0.5, 0.6) is 0 Å². The third kappa shape index (κ3) is 12.3. The van der Waals surface area contributed by atoms with Crippen molar-refractivity contribution >= 4 is 23.3 Å². The summed E-state index contributed by atoms with van der Waals surface area (Å²) in [6, 6.07) is 0. The summed E-state index contributed by atoms with van der Waals surface area (Å²) in [5, 5.41) is 17.5. The molecule has 2 aliphatic rings. The van der Waals surface area contributed by atoms with E-state index in [9.17, 15) is 26.3 Å².